The molecule has 0 fully saturated rings. The van der Waals surface area contributed by atoms with Crippen LogP contribution in [0.1, 0.15) is 64.9 Å². The zero-order valence-corrected chi connectivity index (χ0v) is 15.9. The van der Waals surface area contributed by atoms with Crippen LogP contribution in [-0.4, -0.2) is 15.4 Å². The van der Waals surface area contributed by atoms with Crippen molar-refractivity contribution in [2.24, 2.45) is 5.41 Å². The van der Waals surface area contributed by atoms with Gasteiger partial charge in [-0.2, -0.15) is 0 Å². The van der Waals surface area contributed by atoms with Crippen LogP contribution in [0, 0.1) is 12.3 Å². The summed E-state index contributed by atoms with van der Waals surface area (Å²) in [6.07, 6.45) is 5.16. The molecule has 0 aliphatic heterocycles. The maximum Gasteiger partial charge on any atom is 0.0808 e. The normalized spacial score (nSPS) is 16.6. The molecule has 0 heterocycles. The standard InChI is InChI=1S/C20H32O2S/c1-6-8-10-19(21)20(5,15-9-7-2)17(4)23(22)18-13-11-16(3)12-14-18/h11-14,19,21H,4,6-10,15H2,1-3,5H3/t19-,20-,23?/m1/s1. The molecule has 1 aromatic rings. The summed E-state index contributed by atoms with van der Waals surface area (Å²) in [6.45, 7) is 12.4. The van der Waals surface area contributed by atoms with Crippen molar-refractivity contribution >= 4 is 10.8 Å². The smallest absolute Gasteiger partial charge is 0.0808 e. The van der Waals surface area contributed by atoms with Gasteiger partial charge in [0.15, 0.2) is 0 Å². The molecule has 1 rings (SSSR count). The number of rotatable bonds is 10. The van der Waals surface area contributed by atoms with Gasteiger partial charge in [0.1, 0.15) is 0 Å². The SMILES string of the molecule is C=C(S(=O)c1ccc(C)cc1)[C@@](C)(CCCC)[C@H](O)CCCC. The highest BCUT2D eigenvalue weighted by molar-refractivity contribution is 7.89. The topological polar surface area (TPSA) is 37.3 Å². The van der Waals surface area contributed by atoms with Gasteiger partial charge in [-0.1, -0.05) is 70.7 Å². The van der Waals surface area contributed by atoms with Crippen molar-refractivity contribution in [3.8, 4) is 0 Å². The van der Waals surface area contributed by atoms with Crippen LogP contribution in [0.25, 0.3) is 0 Å². The van der Waals surface area contributed by atoms with Gasteiger partial charge in [-0.15, -0.1) is 0 Å². The van der Waals surface area contributed by atoms with Crippen LogP contribution in [0.15, 0.2) is 40.6 Å². The number of aryl methyl sites for hydroxylation is 1. The summed E-state index contributed by atoms with van der Waals surface area (Å²) in [5, 5.41) is 10.7. The van der Waals surface area contributed by atoms with E-state index in [2.05, 4.69) is 20.4 Å². The van der Waals surface area contributed by atoms with Gasteiger partial charge in [0.2, 0.25) is 0 Å². The Kier molecular flexibility index (Phi) is 8.21. The van der Waals surface area contributed by atoms with E-state index in [1.165, 1.54) is 0 Å². The molecule has 0 amide bonds. The van der Waals surface area contributed by atoms with E-state index in [9.17, 15) is 9.32 Å². The van der Waals surface area contributed by atoms with E-state index in [-0.39, 0.29) is 0 Å². The second-order valence-electron chi connectivity index (χ2n) is 6.68. The van der Waals surface area contributed by atoms with Crippen LogP contribution in [0.5, 0.6) is 0 Å². The van der Waals surface area contributed by atoms with Crippen molar-refractivity contribution in [2.45, 2.75) is 77.2 Å². The molecule has 1 N–H and O–H groups in total. The Balaban J connectivity index is 3.02. The fourth-order valence-corrected chi connectivity index (χ4v) is 4.10. The summed E-state index contributed by atoms with van der Waals surface area (Å²) in [5.74, 6) is 0. The van der Waals surface area contributed by atoms with E-state index < -0.39 is 22.3 Å². The molecule has 0 bridgehead atoms. The monoisotopic (exact) mass is 336 g/mol. The molecule has 1 unspecified atom stereocenters. The molecular weight excluding hydrogens is 304 g/mol. The number of unbranched alkanes of at least 4 members (excludes halogenated alkanes) is 2. The predicted molar refractivity (Wildman–Crippen MR) is 99.9 cm³/mol. The summed E-state index contributed by atoms with van der Waals surface area (Å²) in [6, 6.07) is 7.74. The Hall–Kier alpha value is -0.930. The minimum absolute atomic E-state index is 0.490. The number of benzene rings is 1. The molecule has 0 saturated heterocycles. The highest BCUT2D eigenvalue weighted by Gasteiger charge is 2.37. The van der Waals surface area contributed by atoms with Crippen LogP contribution in [-0.2, 0) is 10.8 Å². The van der Waals surface area contributed by atoms with Crippen molar-refractivity contribution in [2.75, 3.05) is 0 Å². The lowest BCUT2D eigenvalue weighted by molar-refractivity contribution is 0.0510. The zero-order valence-electron chi connectivity index (χ0n) is 15.1. The second-order valence-corrected chi connectivity index (χ2v) is 8.19. The lowest BCUT2D eigenvalue weighted by atomic mass is 9.77. The van der Waals surface area contributed by atoms with Crippen LogP contribution in [0.3, 0.4) is 0 Å². The molecule has 0 saturated carbocycles. The van der Waals surface area contributed by atoms with Crippen LogP contribution in [0.2, 0.25) is 0 Å². The largest absolute Gasteiger partial charge is 0.392 e. The zero-order chi connectivity index (χ0) is 17.5. The molecule has 0 spiro atoms. The highest BCUT2D eigenvalue weighted by atomic mass is 32.2. The van der Waals surface area contributed by atoms with E-state index in [1.807, 2.05) is 38.1 Å². The third kappa shape index (κ3) is 5.29. The van der Waals surface area contributed by atoms with E-state index in [0.717, 1.165) is 49.0 Å². The summed E-state index contributed by atoms with van der Waals surface area (Å²) in [7, 11) is -1.29. The molecule has 130 valence electrons. The first-order valence-corrected chi connectivity index (χ1v) is 9.87. The molecule has 0 aromatic heterocycles. The quantitative estimate of drug-likeness (QED) is 0.624. The van der Waals surface area contributed by atoms with Crippen LogP contribution < -0.4 is 0 Å². The summed E-state index contributed by atoms with van der Waals surface area (Å²) in [4.78, 5) is 1.42. The molecule has 0 aliphatic rings. The third-order valence-corrected chi connectivity index (χ3v) is 6.33. The first-order chi connectivity index (χ1) is 10.9. The van der Waals surface area contributed by atoms with Crippen molar-refractivity contribution in [3.05, 3.63) is 41.3 Å². The van der Waals surface area contributed by atoms with Gasteiger partial charge in [-0.05, 0) is 31.9 Å². The van der Waals surface area contributed by atoms with Gasteiger partial charge in [0.25, 0.3) is 0 Å². The molecule has 1 aromatic carbocycles. The maximum atomic E-state index is 12.9. The Morgan fingerprint density at radius 1 is 1.22 bits per heavy atom. The van der Waals surface area contributed by atoms with Crippen LogP contribution in [0.4, 0.5) is 0 Å². The molecule has 3 atom stereocenters. The van der Waals surface area contributed by atoms with Gasteiger partial charge in [0.05, 0.1) is 16.9 Å². The average Bonchev–Trinajstić information content (AvgIpc) is 2.56. The summed E-state index contributed by atoms with van der Waals surface area (Å²) < 4.78 is 12.9. The highest BCUT2D eigenvalue weighted by Crippen LogP contribution is 2.41. The molecular formula is C20H32O2S. The third-order valence-electron chi connectivity index (χ3n) is 4.71. The maximum absolute atomic E-state index is 12.9. The molecule has 23 heavy (non-hydrogen) atoms. The molecule has 0 radical (unpaired) electrons. The average molecular weight is 337 g/mol. The Labute approximate surface area is 144 Å². The van der Waals surface area contributed by atoms with Crippen molar-refractivity contribution in [3.63, 3.8) is 0 Å². The number of aliphatic hydroxyl groups is 1. The van der Waals surface area contributed by atoms with Gasteiger partial charge >= 0.3 is 0 Å². The van der Waals surface area contributed by atoms with Crippen molar-refractivity contribution < 1.29 is 9.32 Å². The Bertz CT molecular complexity index is 521. The van der Waals surface area contributed by atoms with Gasteiger partial charge in [0, 0.05) is 15.2 Å². The first-order valence-electron chi connectivity index (χ1n) is 8.72. The Morgan fingerprint density at radius 2 is 1.78 bits per heavy atom. The number of hydrogen-bond donors (Lipinski definition) is 1. The lowest BCUT2D eigenvalue weighted by Crippen LogP contribution is -2.35. The minimum Gasteiger partial charge on any atom is -0.392 e. The van der Waals surface area contributed by atoms with Crippen molar-refractivity contribution in [1.29, 1.82) is 0 Å². The lowest BCUT2D eigenvalue weighted by Gasteiger charge is -2.36. The summed E-state index contributed by atoms with van der Waals surface area (Å²) in [5.41, 5.74) is 0.647. The Morgan fingerprint density at radius 3 is 2.30 bits per heavy atom. The fraction of sp³-hybridized carbons (Fsp3) is 0.600. The van der Waals surface area contributed by atoms with Gasteiger partial charge < -0.3 is 5.11 Å². The predicted octanol–water partition coefficient (Wildman–Crippen LogP) is 5.36. The fourth-order valence-electron chi connectivity index (χ4n) is 2.77. The van der Waals surface area contributed by atoms with Gasteiger partial charge in [-0.3, -0.25) is 0 Å². The van der Waals surface area contributed by atoms with E-state index in [0.29, 0.717) is 4.91 Å². The van der Waals surface area contributed by atoms with E-state index >= 15 is 0 Å². The molecule has 3 heteroatoms. The minimum atomic E-state index is -1.29. The molecule has 2 nitrogen and oxygen atoms in total. The van der Waals surface area contributed by atoms with Gasteiger partial charge in [-0.25, -0.2) is 4.21 Å². The number of aliphatic hydroxyl groups excluding tert-OH is 1. The van der Waals surface area contributed by atoms with E-state index in [1.54, 1.807) is 0 Å². The van der Waals surface area contributed by atoms with Crippen LogP contribution >= 0.6 is 0 Å². The number of hydrogen-bond acceptors (Lipinski definition) is 2. The first kappa shape index (κ1) is 20.1. The second kappa shape index (κ2) is 9.39. The molecule has 0 aliphatic carbocycles. The van der Waals surface area contributed by atoms with E-state index in [4.69, 9.17) is 0 Å². The van der Waals surface area contributed by atoms with Crippen molar-refractivity contribution in [1.82, 2.24) is 0 Å². The summed E-state index contributed by atoms with van der Waals surface area (Å²) >= 11 is 0.